The van der Waals surface area contributed by atoms with Crippen LogP contribution < -0.4 is 9.88 Å². The highest BCUT2D eigenvalue weighted by atomic mass is 32.2. The zero-order chi connectivity index (χ0) is 20.7. The van der Waals surface area contributed by atoms with Crippen LogP contribution in [0.3, 0.4) is 0 Å². The topological polar surface area (TPSA) is 87.2 Å². The number of para-hydroxylation sites is 1. The highest BCUT2D eigenvalue weighted by Gasteiger charge is 2.36. The summed E-state index contributed by atoms with van der Waals surface area (Å²) in [7, 11) is -3.04. The van der Waals surface area contributed by atoms with Crippen LogP contribution >= 0.6 is 0 Å². The second-order valence-corrected chi connectivity index (χ2v) is 7.21. The van der Waals surface area contributed by atoms with Crippen LogP contribution in [0.4, 0.5) is 17.6 Å². The maximum atomic E-state index is 13.5. The van der Waals surface area contributed by atoms with Crippen molar-refractivity contribution in [3.63, 3.8) is 0 Å². The molecule has 1 aromatic heterocycles. The molecule has 0 spiro atoms. The molecule has 0 aliphatic heterocycles. The van der Waals surface area contributed by atoms with E-state index >= 15 is 0 Å². The molecule has 0 bridgehead atoms. The summed E-state index contributed by atoms with van der Waals surface area (Å²) >= 11 is 0. The van der Waals surface area contributed by atoms with E-state index in [-0.39, 0.29) is 22.7 Å². The second kappa shape index (κ2) is 6.91. The van der Waals surface area contributed by atoms with Gasteiger partial charge in [0.15, 0.2) is 5.69 Å². The molecule has 0 atom stereocenters. The zero-order valence-corrected chi connectivity index (χ0v) is 15.1. The van der Waals surface area contributed by atoms with Crippen LogP contribution in [0.2, 0.25) is 0 Å². The number of benzene rings is 2. The monoisotopic (exact) mass is 415 g/mol. The van der Waals surface area contributed by atoms with E-state index in [4.69, 9.17) is 9.88 Å². The number of rotatable bonds is 4. The van der Waals surface area contributed by atoms with Crippen LogP contribution in [0, 0.1) is 5.82 Å². The van der Waals surface area contributed by atoms with E-state index in [0.29, 0.717) is 0 Å². The van der Waals surface area contributed by atoms with Crippen LogP contribution in [0.5, 0.6) is 5.75 Å². The minimum absolute atomic E-state index is 0.0528. The Morgan fingerprint density at radius 2 is 1.79 bits per heavy atom. The first-order chi connectivity index (χ1) is 13.0. The smallest absolute Gasteiger partial charge is 0.435 e. The number of halogens is 4. The van der Waals surface area contributed by atoms with E-state index in [1.807, 2.05) is 0 Å². The van der Waals surface area contributed by atoms with Crippen LogP contribution in [0.15, 0.2) is 53.4 Å². The minimum atomic E-state index is -4.80. The number of primary sulfonamides is 1. The summed E-state index contributed by atoms with van der Waals surface area (Å²) in [5.41, 5.74) is -1.53. The lowest BCUT2D eigenvalue weighted by Crippen LogP contribution is -2.16. The molecule has 3 aromatic rings. The summed E-state index contributed by atoms with van der Waals surface area (Å²) in [4.78, 5) is -0.422. The van der Waals surface area contributed by atoms with Gasteiger partial charge in [0.25, 0.3) is 0 Å². The van der Waals surface area contributed by atoms with Crippen LogP contribution in [-0.4, -0.2) is 25.3 Å². The van der Waals surface area contributed by atoms with Gasteiger partial charge in [-0.1, -0.05) is 12.1 Å². The summed E-state index contributed by atoms with van der Waals surface area (Å²) in [6.45, 7) is 0. The average Bonchev–Trinajstić information content (AvgIpc) is 3.06. The van der Waals surface area contributed by atoms with E-state index in [1.54, 1.807) is 0 Å². The fraction of sp³-hybridized carbons (Fsp3) is 0.118. The van der Waals surface area contributed by atoms with Crippen molar-refractivity contribution >= 4 is 10.0 Å². The first-order valence-corrected chi connectivity index (χ1v) is 9.20. The molecule has 148 valence electrons. The number of sulfonamides is 1. The molecule has 0 amide bonds. The fourth-order valence-corrected chi connectivity index (χ4v) is 3.36. The van der Waals surface area contributed by atoms with E-state index in [2.05, 4.69) is 5.10 Å². The molecule has 2 N–H and O–H groups in total. The number of methoxy groups -OCH3 is 1. The maximum Gasteiger partial charge on any atom is 0.435 e. The van der Waals surface area contributed by atoms with Crippen molar-refractivity contribution in [3.05, 3.63) is 60.0 Å². The van der Waals surface area contributed by atoms with Gasteiger partial charge in [-0.3, -0.25) is 0 Å². The summed E-state index contributed by atoms with van der Waals surface area (Å²) in [6.07, 6.45) is -4.80. The molecule has 28 heavy (non-hydrogen) atoms. The highest BCUT2D eigenvalue weighted by molar-refractivity contribution is 7.89. The van der Waals surface area contributed by atoms with Gasteiger partial charge >= 0.3 is 6.18 Å². The van der Waals surface area contributed by atoms with Gasteiger partial charge < -0.3 is 4.74 Å². The molecule has 0 unspecified atom stereocenters. The van der Waals surface area contributed by atoms with Crippen LogP contribution in [-0.2, 0) is 16.2 Å². The van der Waals surface area contributed by atoms with E-state index in [0.717, 1.165) is 28.9 Å². The van der Waals surface area contributed by atoms with E-state index < -0.39 is 32.6 Å². The molecule has 0 saturated heterocycles. The molecule has 0 radical (unpaired) electrons. The zero-order valence-electron chi connectivity index (χ0n) is 14.2. The molecule has 3 rings (SSSR count). The van der Waals surface area contributed by atoms with Crippen molar-refractivity contribution in [1.29, 1.82) is 0 Å². The van der Waals surface area contributed by atoms with Crippen molar-refractivity contribution in [2.45, 2.75) is 11.1 Å². The first kappa shape index (κ1) is 19.8. The Bertz CT molecular complexity index is 1140. The van der Waals surface area contributed by atoms with Crippen LogP contribution in [0.25, 0.3) is 16.9 Å². The Morgan fingerprint density at radius 1 is 1.11 bits per heavy atom. The molecule has 0 fully saturated rings. The van der Waals surface area contributed by atoms with Gasteiger partial charge in [0, 0.05) is 11.6 Å². The number of aromatic nitrogens is 2. The molecular weight excluding hydrogens is 402 g/mol. The molecule has 6 nitrogen and oxygen atoms in total. The lowest BCUT2D eigenvalue weighted by Gasteiger charge is -2.13. The van der Waals surface area contributed by atoms with Gasteiger partial charge in [-0.05, 0) is 30.3 Å². The maximum absolute atomic E-state index is 13.5. The van der Waals surface area contributed by atoms with Crippen molar-refractivity contribution in [2.24, 2.45) is 5.14 Å². The number of ether oxygens (including phenoxy) is 1. The Hall–Kier alpha value is -2.92. The van der Waals surface area contributed by atoms with Gasteiger partial charge in [-0.25, -0.2) is 22.6 Å². The Kier molecular flexibility index (Phi) is 4.90. The van der Waals surface area contributed by atoms with Crippen molar-refractivity contribution in [3.8, 4) is 22.7 Å². The number of nitrogens with zero attached hydrogens (tertiary/aromatic N) is 2. The van der Waals surface area contributed by atoms with Gasteiger partial charge in [0.1, 0.15) is 16.5 Å². The number of hydrogen-bond donors (Lipinski definition) is 1. The summed E-state index contributed by atoms with van der Waals surface area (Å²) < 4.78 is 83.0. The third-order valence-electron chi connectivity index (χ3n) is 3.84. The van der Waals surface area contributed by atoms with Gasteiger partial charge in [-0.2, -0.15) is 18.3 Å². The molecule has 1 heterocycles. The summed E-state index contributed by atoms with van der Waals surface area (Å²) in [5.74, 6) is -0.712. The third kappa shape index (κ3) is 3.71. The van der Waals surface area contributed by atoms with Crippen LogP contribution in [0.1, 0.15) is 5.69 Å². The second-order valence-electron chi connectivity index (χ2n) is 5.68. The highest BCUT2D eigenvalue weighted by Crippen LogP contribution is 2.37. The molecule has 11 heteroatoms. The largest absolute Gasteiger partial charge is 0.496 e. The number of nitrogens with two attached hydrogens (primary N) is 1. The first-order valence-electron chi connectivity index (χ1n) is 7.66. The Labute approximate surface area is 157 Å². The normalized spacial score (nSPS) is 12.2. The van der Waals surface area contributed by atoms with Gasteiger partial charge in [-0.15, -0.1) is 0 Å². The molecule has 2 aromatic carbocycles. The SMILES string of the molecule is COc1cc(F)ccc1-c1cc(C(F)(F)F)nn1-c1ccccc1S(N)(=O)=O. The molecule has 0 aliphatic carbocycles. The predicted molar refractivity (Wildman–Crippen MR) is 91.9 cm³/mol. The predicted octanol–water partition coefficient (Wildman–Crippen LogP) is 3.35. The lowest BCUT2D eigenvalue weighted by molar-refractivity contribution is -0.141. The van der Waals surface area contributed by atoms with E-state index in [1.165, 1.54) is 31.4 Å². The van der Waals surface area contributed by atoms with E-state index in [9.17, 15) is 26.0 Å². The Balaban J connectivity index is 2.37. The third-order valence-corrected chi connectivity index (χ3v) is 4.80. The van der Waals surface area contributed by atoms with Gasteiger partial charge in [0.2, 0.25) is 10.0 Å². The molecule has 0 saturated carbocycles. The molecular formula is C17H13F4N3O3S. The fourth-order valence-electron chi connectivity index (χ4n) is 2.64. The summed E-state index contributed by atoms with van der Waals surface area (Å²) in [6, 6.07) is 9.15. The van der Waals surface area contributed by atoms with Crippen molar-refractivity contribution in [1.82, 2.24) is 9.78 Å². The number of hydrogen-bond acceptors (Lipinski definition) is 4. The van der Waals surface area contributed by atoms with Crippen molar-refractivity contribution < 1.29 is 30.7 Å². The average molecular weight is 415 g/mol. The number of alkyl halides is 3. The minimum Gasteiger partial charge on any atom is -0.496 e. The standard InChI is InChI=1S/C17H13F4N3O3S/c1-27-14-8-10(18)6-7-11(14)13-9-16(17(19,20)21)23-24(13)12-4-2-3-5-15(12)28(22,25)26/h2-9H,1H3,(H2,22,25,26). The van der Waals surface area contributed by atoms with Crippen molar-refractivity contribution in [2.75, 3.05) is 7.11 Å². The summed E-state index contributed by atoms with van der Waals surface area (Å²) in [5, 5.41) is 8.71. The quantitative estimate of drug-likeness (QED) is 0.662. The lowest BCUT2D eigenvalue weighted by atomic mass is 10.1. The molecule has 0 aliphatic rings. The van der Waals surface area contributed by atoms with Gasteiger partial charge in [0.05, 0.1) is 18.5 Å². The Morgan fingerprint density at radius 3 is 2.39 bits per heavy atom.